The van der Waals surface area contributed by atoms with Crippen molar-refractivity contribution < 1.29 is 19.2 Å². The molecule has 0 radical (unpaired) electrons. The number of ether oxygens (including phenoxy) is 1. The van der Waals surface area contributed by atoms with E-state index in [0.29, 0.717) is 5.56 Å². The molecule has 0 unspecified atom stereocenters. The number of nitro groups is 1. The summed E-state index contributed by atoms with van der Waals surface area (Å²) in [4.78, 5) is 37.1. The van der Waals surface area contributed by atoms with Crippen molar-refractivity contribution in [3.8, 4) is 0 Å². The van der Waals surface area contributed by atoms with Gasteiger partial charge in [-0.15, -0.1) is 0 Å². The average molecular weight is 432 g/mol. The first-order chi connectivity index (χ1) is 15.4. The molecule has 7 nitrogen and oxygen atoms in total. The highest BCUT2D eigenvalue weighted by Gasteiger charge is 2.39. The van der Waals surface area contributed by atoms with Crippen LogP contribution in [0.25, 0.3) is 0 Å². The van der Waals surface area contributed by atoms with Gasteiger partial charge >= 0.3 is 5.97 Å². The minimum Gasteiger partial charge on any atom is -0.467 e. The predicted molar refractivity (Wildman–Crippen MR) is 120 cm³/mol. The van der Waals surface area contributed by atoms with Crippen molar-refractivity contribution >= 4 is 17.6 Å². The second-order valence-electron chi connectivity index (χ2n) is 7.50. The van der Waals surface area contributed by atoms with Crippen LogP contribution < -0.4 is 5.32 Å². The highest BCUT2D eigenvalue weighted by molar-refractivity contribution is 5.94. The Balaban J connectivity index is 1.99. The van der Waals surface area contributed by atoms with Gasteiger partial charge in [-0.25, -0.2) is 4.79 Å². The fourth-order valence-corrected chi connectivity index (χ4v) is 3.69. The molecule has 0 spiro atoms. The van der Waals surface area contributed by atoms with E-state index in [9.17, 15) is 19.7 Å². The molecule has 0 bridgehead atoms. The molecule has 0 saturated heterocycles. The Bertz CT molecular complexity index is 1060. The molecule has 0 fully saturated rings. The second-order valence-corrected chi connectivity index (χ2v) is 7.50. The van der Waals surface area contributed by atoms with Gasteiger partial charge in [0, 0.05) is 18.1 Å². The van der Waals surface area contributed by atoms with Gasteiger partial charge in [0.15, 0.2) is 0 Å². The van der Waals surface area contributed by atoms with Gasteiger partial charge in [0.25, 0.3) is 5.69 Å². The summed E-state index contributed by atoms with van der Waals surface area (Å²) in [6.45, 7) is 1.78. The lowest BCUT2D eigenvalue weighted by atomic mass is 9.75. The van der Waals surface area contributed by atoms with Crippen molar-refractivity contribution in [2.45, 2.75) is 24.8 Å². The Labute approximate surface area is 186 Å². The van der Waals surface area contributed by atoms with E-state index >= 15 is 0 Å². The number of rotatable bonds is 8. The maximum absolute atomic E-state index is 13.7. The lowest BCUT2D eigenvalue weighted by Gasteiger charge is -2.31. The van der Waals surface area contributed by atoms with Crippen LogP contribution in [0.4, 0.5) is 5.69 Å². The van der Waals surface area contributed by atoms with E-state index < -0.39 is 28.3 Å². The fraction of sp³-hybridized carbons (Fsp3) is 0.200. The smallest absolute Gasteiger partial charge is 0.328 e. The van der Waals surface area contributed by atoms with Crippen LogP contribution in [0.15, 0.2) is 84.9 Å². The molecule has 32 heavy (non-hydrogen) atoms. The SMILES string of the molecule is COC(=O)[C@H](Cc1ccccc1[N+](=O)[O-])NC(=O)C(C)(c1ccccc1)c1ccccc1. The second kappa shape index (κ2) is 9.87. The summed E-state index contributed by atoms with van der Waals surface area (Å²) in [6.07, 6.45) is -0.0742. The van der Waals surface area contributed by atoms with Gasteiger partial charge in [-0.3, -0.25) is 14.9 Å². The van der Waals surface area contributed by atoms with E-state index in [2.05, 4.69) is 5.32 Å². The number of nitrogens with one attached hydrogen (secondary N) is 1. The van der Waals surface area contributed by atoms with E-state index in [1.165, 1.54) is 13.2 Å². The van der Waals surface area contributed by atoms with Crippen LogP contribution in [0.3, 0.4) is 0 Å². The topological polar surface area (TPSA) is 98.5 Å². The monoisotopic (exact) mass is 432 g/mol. The molecule has 0 aliphatic heterocycles. The fourth-order valence-electron chi connectivity index (χ4n) is 3.69. The number of hydrogen-bond acceptors (Lipinski definition) is 5. The molecule has 164 valence electrons. The standard InChI is InChI=1S/C25H24N2O5/c1-25(19-12-5-3-6-13-19,20-14-7-4-8-15-20)24(29)26-21(23(28)32-2)17-18-11-9-10-16-22(18)27(30)31/h3-16,21H,17H2,1-2H3,(H,26,29)/t21-/m0/s1. The van der Waals surface area contributed by atoms with Crippen LogP contribution >= 0.6 is 0 Å². The van der Waals surface area contributed by atoms with E-state index in [4.69, 9.17) is 4.74 Å². The maximum atomic E-state index is 13.7. The van der Waals surface area contributed by atoms with Crippen LogP contribution in [0.2, 0.25) is 0 Å². The first kappa shape index (κ1) is 22.7. The highest BCUT2D eigenvalue weighted by atomic mass is 16.6. The predicted octanol–water partition coefficient (Wildman–Crippen LogP) is 3.80. The van der Waals surface area contributed by atoms with Crippen molar-refractivity contribution in [1.29, 1.82) is 0 Å². The minimum atomic E-state index is -1.10. The van der Waals surface area contributed by atoms with E-state index in [1.807, 2.05) is 60.7 Å². The summed E-state index contributed by atoms with van der Waals surface area (Å²) >= 11 is 0. The molecule has 3 aromatic carbocycles. The van der Waals surface area contributed by atoms with Crippen molar-refractivity contribution in [3.63, 3.8) is 0 Å². The third-order valence-corrected chi connectivity index (χ3v) is 5.56. The average Bonchev–Trinajstić information content (AvgIpc) is 2.83. The van der Waals surface area contributed by atoms with Gasteiger partial charge in [-0.05, 0) is 18.1 Å². The molecule has 7 heteroatoms. The third-order valence-electron chi connectivity index (χ3n) is 5.56. The largest absolute Gasteiger partial charge is 0.467 e. The van der Waals surface area contributed by atoms with Crippen molar-refractivity contribution in [2.75, 3.05) is 7.11 Å². The first-order valence-electron chi connectivity index (χ1n) is 10.1. The van der Waals surface area contributed by atoms with E-state index in [-0.39, 0.29) is 12.1 Å². The molecule has 1 atom stereocenters. The van der Waals surface area contributed by atoms with Crippen molar-refractivity contribution in [3.05, 3.63) is 112 Å². The minimum absolute atomic E-state index is 0.0742. The number of carbonyl (C=O) groups excluding carboxylic acids is 2. The van der Waals surface area contributed by atoms with Gasteiger partial charge in [-0.1, -0.05) is 78.9 Å². The molecule has 0 aromatic heterocycles. The number of carbonyl (C=O) groups is 2. The number of hydrogen-bond donors (Lipinski definition) is 1. The molecular formula is C25H24N2O5. The Morgan fingerprint density at radius 1 is 0.938 bits per heavy atom. The van der Waals surface area contributed by atoms with E-state index in [1.54, 1.807) is 25.1 Å². The normalized spacial score (nSPS) is 11.9. The highest BCUT2D eigenvalue weighted by Crippen LogP contribution is 2.32. The zero-order valence-corrected chi connectivity index (χ0v) is 17.9. The van der Waals surface area contributed by atoms with Gasteiger partial charge in [0.2, 0.25) is 5.91 Å². The van der Waals surface area contributed by atoms with Crippen LogP contribution in [-0.4, -0.2) is 30.0 Å². The lowest BCUT2D eigenvalue weighted by molar-refractivity contribution is -0.385. The number of methoxy groups -OCH3 is 1. The Kier molecular flexibility index (Phi) is 7.00. The summed E-state index contributed by atoms with van der Waals surface area (Å²) in [5.74, 6) is -1.09. The third kappa shape index (κ3) is 4.67. The number of esters is 1. The Hall–Kier alpha value is -4.00. The molecule has 0 aliphatic rings. The Morgan fingerprint density at radius 2 is 1.44 bits per heavy atom. The maximum Gasteiger partial charge on any atom is 0.328 e. The van der Waals surface area contributed by atoms with E-state index in [0.717, 1.165) is 11.1 Å². The number of amides is 1. The molecule has 1 amide bonds. The summed E-state index contributed by atoms with van der Waals surface area (Å²) in [5.41, 5.74) is 0.604. The zero-order valence-electron chi connectivity index (χ0n) is 17.9. The van der Waals surface area contributed by atoms with Gasteiger partial charge in [-0.2, -0.15) is 0 Å². The number of nitrogens with zero attached hydrogens (tertiary/aromatic N) is 1. The van der Waals surface area contributed by atoms with Gasteiger partial charge < -0.3 is 10.1 Å². The summed E-state index contributed by atoms with van der Waals surface area (Å²) in [6, 6.07) is 23.5. The molecule has 1 N–H and O–H groups in total. The number of benzene rings is 3. The van der Waals surface area contributed by atoms with Gasteiger partial charge in [0.05, 0.1) is 17.4 Å². The summed E-state index contributed by atoms with van der Waals surface area (Å²) in [5, 5.41) is 14.2. The molecule has 3 rings (SSSR count). The zero-order chi connectivity index (χ0) is 23.1. The van der Waals surface area contributed by atoms with Crippen LogP contribution in [-0.2, 0) is 26.2 Å². The molecule has 0 heterocycles. The summed E-state index contributed by atoms with van der Waals surface area (Å²) in [7, 11) is 1.22. The molecule has 0 aliphatic carbocycles. The molecular weight excluding hydrogens is 408 g/mol. The summed E-state index contributed by atoms with van der Waals surface area (Å²) < 4.78 is 4.89. The van der Waals surface area contributed by atoms with Crippen LogP contribution in [0, 0.1) is 10.1 Å². The Morgan fingerprint density at radius 3 is 1.94 bits per heavy atom. The lowest BCUT2D eigenvalue weighted by Crippen LogP contribution is -2.51. The van der Waals surface area contributed by atoms with Crippen LogP contribution in [0.1, 0.15) is 23.6 Å². The number of para-hydroxylation sites is 1. The van der Waals surface area contributed by atoms with Crippen molar-refractivity contribution in [2.24, 2.45) is 0 Å². The number of nitro benzene ring substituents is 1. The first-order valence-corrected chi connectivity index (χ1v) is 10.1. The molecule has 3 aromatic rings. The van der Waals surface area contributed by atoms with Crippen LogP contribution in [0.5, 0.6) is 0 Å². The molecule has 0 saturated carbocycles. The van der Waals surface area contributed by atoms with Crippen molar-refractivity contribution in [1.82, 2.24) is 5.32 Å². The quantitative estimate of drug-likeness (QED) is 0.332. The van der Waals surface area contributed by atoms with Gasteiger partial charge in [0.1, 0.15) is 6.04 Å².